The predicted molar refractivity (Wildman–Crippen MR) is 106 cm³/mol. The van der Waals surface area contributed by atoms with Gasteiger partial charge in [-0.15, -0.1) is 10.2 Å². The fraction of sp³-hybridized carbons (Fsp3) is 0.0526. The van der Waals surface area contributed by atoms with E-state index in [1.54, 1.807) is 41.1 Å². The molecule has 0 aliphatic rings. The van der Waals surface area contributed by atoms with Crippen LogP contribution >= 0.6 is 11.3 Å². The van der Waals surface area contributed by atoms with Gasteiger partial charge in [0.25, 0.3) is 5.91 Å². The van der Waals surface area contributed by atoms with Crippen molar-refractivity contribution in [3.8, 4) is 11.3 Å². The molecule has 0 aromatic carbocycles. The molecule has 0 saturated carbocycles. The van der Waals surface area contributed by atoms with Crippen LogP contribution in [0, 0.1) is 0 Å². The normalized spacial score (nSPS) is 11.0. The number of carbonyl (C=O) groups is 1. The van der Waals surface area contributed by atoms with Crippen LogP contribution < -0.4 is 5.32 Å². The average molecular weight is 403 g/mol. The first-order valence-electron chi connectivity index (χ1n) is 8.65. The predicted octanol–water partition coefficient (Wildman–Crippen LogP) is 3.24. The van der Waals surface area contributed by atoms with Crippen LogP contribution in [0.15, 0.2) is 65.1 Å². The van der Waals surface area contributed by atoms with Gasteiger partial charge in [-0.25, -0.2) is 9.67 Å². The van der Waals surface area contributed by atoms with Crippen LogP contribution in [-0.2, 0) is 6.54 Å². The summed E-state index contributed by atoms with van der Waals surface area (Å²) in [5.74, 6) is 0.431. The molecule has 5 aromatic rings. The van der Waals surface area contributed by atoms with Gasteiger partial charge >= 0.3 is 0 Å². The molecule has 0 bridgehead atoms. The first-order chi connectivity index (χ1) is 14.3. The Balaban J connectivity index is 1.64. The van der Waals surface area contributed by atoms with Crippen molar-refractivity contribution in [1.29, 1.82) is 0 Å². The van der Waals surface area contributed by atoms with Crippen LogP contribution in [0.5, 0.6) is 0 Å². The summed E-state index contributed by atoms with van der Waals surface area (Å²) in [5.41, 5.74) is 3.99. The van der Waals surface area contributed by atoms with Crippen molar-refractivity contribution < 1.29 is 9.21 Å². The Morgan fingerprint density at radius 3 is 2.97 bits per heavy atom. The lowest BCUT2D eigenvalue weighted by Gasteiger charge is -2.08. The van der Waals surface area contributed by atoms with Crippen molar-refractivity contribution in [2.24, 2.45) is 0 Å². The Hall–Kier alpha value is -3.92. The smallest absolute Gasteiger partial charge is 0.258 e. The van der Waals surface area contributed by atoms with Crippen LogP contribution in [0.25, 0.3) is 22.3 Å². The number of anilines is 1. The van der Waals surface area contributed by atoms with Gasteiger partial charge in [0.2, 0.25) is 5.13 Å². The molecule has 0 aliphatic heterocycles. The van der Waals surface area contributed by atoms with Gasteiger partial charge in [0.05, 0.1) is 29.1 Å². The highest BCUT2D eigenvalue weighted by atomic mass is 32.1. The van der Waals surface area contributed by atoms with Crippen molar-refractivity contribution in [3.05, 3.63) is 72.0 Å². The number of pyridine rings is 2. The molecule has 29 heavy (non-hydrogen) atoms. The lowest BCUT2D eigenvalue weighted by atomic mass is 10.1. The molecule has 0 spiro atoms. The zero-order valence-electron chi connectivity index (χ0n) is 14.9. The molecule has 0 radical (unpaired) electrons. The third-order valence-corrected chi connectivity index (χ3v) is 4.88. The number of amides is 1. The summed E-state index contributed by atoms with van der Waals surface area (Å²) >= 11 is 1.25. The monoisotopic (exact) mass is 403 g/mol. The average Bonchev–Trinajstić information content (AvgIpc) is 3.51. The summed E-state index contributed by atoms with van der Waals surface area (Å²) in [5, 5.41) is 15.9. The number of nitrogens with one attached hydrogen (secondary N) is 1. The van der Waals surface area contributed by atoms with Gasteiger partial charge in [-0.3, -0.25) is 15.1 Å². The number of rotatable bonds is 5. The van der Waals surface area contributed by atoms with Gasteiger partial charge in [0.1, 0.15) is 17.8 Å². The number of hydrogen-bond acceptors (Lipinski definition) is 8. The number of furan rings is 1. The van der Waals surface area contributed by atoms with Crippen molar-refractivity contribution in [1.82, 2.24) is 29.9 Å². The van der Waals surface area contributed by atoms with E-state index in [1.165, 1.54) is 11.3 Å². The Morgan fingerprint density at radius 2 is 2.21 bits per heavy atom. The topological polar surface area (TPSA) is 112 Å². The van der Waals surface area contributed by atoms with E-state index >= 15 is 0 Å². The van der Waals surface area contributed by atoms with E-state index in [1.807, 2.05) is 24.3 Å². The SMILES string of the molecule is O=C(Nc1nncs1)c1cc(-c2cccnc2)nc2c1cnn2Cc1ccco1. The maximum absolute atomic E-state index is 13.0. The second-order valence-electron chi connectivity index (χ2n) is 6.11. The van der Waals surface area contributed by atoms with E-state index in [0.29, 0.717) is 34.0 Å². The third kappa shape index (κ3) is 3.36. The number of nitrogens with zero attached hydrogens (tertiary/aromatic N) is 6. The quantitative estimate of drug-likeness (QED) is 0.479. The highest BCUT2D eigenvalue weighted by Gasteiger charge is 2.19. The first kappa shape index (κ1) is 17.2. The zero-order valence-corrected chi connectivity index (χ0v) is 15.7. The van der Waals surface area contributed by atoms with E-state index in [4.69, 9.17) is 9.40 Å². The van der Waals surface area contributed by atoms with Crippen LogP contribution in [0.1, 0.15) is 16.1 Å². The summed E-state index contributed by atoms with van der Waals surface area (Å²) in [7, 11) is 0. The van der Waals surface area contributed by atoms with Crippen LogP contribution in [0.2, 0.25) is 0 Å². The molecule has 0 atom stereocenters. The molecule has 9 nitrogen and oxygen atoms in total. The van der Waals surface area contributed by atoms with Crippen LogP contribution in [0.3, 0.4) is 0 Å². The molecule has 0 saturated heterocycles. The fourth-order valence-electron chi connectivity index (χ4n) is 2.96. The van der Waals surface area contributed by atoms with Gasteiger partial charge in [-0.2, -0.15) is 5.10 Å². The van der Waals surface area contributed by atoms with Crippen molar-refractivity contribution in [3.63, 3.8) is 0 Å². The Kier molecular flexibility index (Phi) is 4.30. The highest BCUT2D eigenvalue weighted by molar-refractivity contribution is 7.13. The Bertz CT molecular complexity index is 1270. The minimum atomic E-state index is -0.308. The van der Waals surface area contributed by atoms with E-state index in [-0.39, 0.29) is 5.91 Å². The standard InChI is InChI=1S/C19H13N7O2S/c27-18(24-19-25-21-11-29-19)14-7-16(12-3-1-5-20-8-12)23-17-15(14)9-22-26(17)10-13-4-2-6-28-13/h1-9,11H,10H2,(H,24,25,27). The minimum absolute atomic E-state index is 0.308. The van der Waals surface area contributed by atoms with Gasteiger partial charge in [0.15, 0.2) is 5.65 Å². The van der Waals surface area contributed by atoms with Gasteiger partial charge in [0, 0.05) is 18.0 Å². The molecule has 1 N–H and O–H groups in total. The molecule has 10 heteroatoms. The molecular weight excluding hydrogens is 390 g/mol. The van der Waals surface area contributed by atoms with Gasteiger partial charge in [-0.05, 0) is 30.3 Å². The molecule has 5 aromatic heterocycles. The molecule has 0 aliphatic carbocycles. The maximum Gasteiger partial charge on any atom is 0.258 e. The summed E-state index contributed by atoms with van der Waals surface area (Å²) < 4.78 is 7.13. The second kappa shape index (κ2) is 7.24. The van der Waals surface area contributed by atoms with E-state index < -0.39 is 0 Å². The second-order valence-corrected chi connectivity index (χ2v) is 6.95. The maximum atomic E-state index is 13.0. The third-order valence-electron chi connectivity index (χ3n) is 4.28. The molecule has 5 heterocycles. The highest BCUT2D eigenvalue weighted by Crippen LogP contribution is 2.26. The summed E-state index contributed by atoms with van der Waals surface area (Å²) in [6.07, 6.45) is 6.63. The first-order valence-corrected chi connectivity index (χ1v) is 9.53. The molecule has 142 valence electrons. The lowest BCUT2D eigenvalue weighted by Crippen LogP contribution is -2.13. The lowest BCUT2D eigenvalue weighted by molar-refractivity contribution is 0.102. The summed E-state index contributed by atoms with van der Waals surface area (Å²) in [6, 6.07) is 9.12. The fourth-order valence-corrected chi connectivity index (χ4v) is 3.40. The van der Waals surface area contributed by atoms with Crippen LogP contribution in [-0.4, -0.2) is 35.9 Å². The van der Waals surface area contributed by atoms with Crippen molar-refractivity contribution >= 4 is 33.4 Å². The van der Waals surface area contributed by atoms with E-state index in [0.717, 1.165) is 11.3 Å². The molecular formula is C19H13N7O2S. The van der Waals surface area contributed by atoms with Gasteiger partial charge in [-0.1, -0.05) is 11.3 Å². The largest absolute Gasteiger partial charge is 0.467 e. The molecule has 5 rings (SSSR count). The Labute approximate surface area is 168 Å². The van der Waals surface area contributed by atoms with E-state index in [9.17, 15) is 4.79 Å². The van der Waals surface area contributed by atoms with Gasteiger partial charge < -0.3 is 4.42 Å². The zero-order chi connectivity index (χ0) is 19.6. The number of carbonyl (C=O) groups excluding carboxylic acids is 1. The summed E-state index contributed by atoms with van der Waals surface area (Å²) in [4.78, 5) is 21.9. The number of aromatic nitrogens is 6. The molecule has 1 amide bonds. The Morgan fingerprint density at radius 1 is 1.24 bits per heavy atom. The number of fused-ring (bicyclic) bond motifs is 1. The molecule has 0 fully saturated rings. The van der Waals surface area contributed by atoms with E-state index in [2.05, 4.69) is 25.6 Å². The minimum Gasteiger partial charge on any atom is -0.467 e. The van der Waals surface area contributed by atoms with Crippen LogP contribution in [0.4, 0.5) is 5.13 Å². The number of hydrogen-bond donors (Lipinski definition) is 1. The van der Waals surface area contributed by atoms with Crippen molar-refractivity contribution in [2.45, 2.75) is 6.54 Å². The molecule has 0 unspecified atom stereocenters. The summed E-state index contributed by atoms with van der Waals surface area (Å²) in [6.45, 7) is 0.400. The van der Waals surface area contributed by atoms with Crippen molar-refractivity contribution in [2.75, 3.05) is 5.32 Å².